The van der Waals surface area contributed by atoms with Gasteiger partial charge >= 0.3 is 5.97 Å². The zero-order valence-corrected chi connectivity index (χ0v) is 16.4. The molecule has 1 fully saturated rings. The fourth-order valence-electron chi connectivity index (χ4n) is 3.80. The fourth-order valence-corrected chi connectivity index (χ4v) is 3.80. The van der Waals surface area contributed by atoms with E-state index in [0.29, 0.717) is 29.7 Å². The van der Waals surface area contributed by atoms with E-state index in [4.69, 9.17) is 0 Å². The monoisotopic (exact) mass is 379 g/mol. The minimum absolute atomic E-state index is 0.0905. The van der Waals surface area contributed by atoms with Crippen molar-refractivity contribution in [2.24, 2.45) is 11.3 Å². The number of aliphatic carboxylic acids is 1. The first-order valence-electron chi connectivity index (χ1n) is 9.49. The number of carbonyl (C=O) groups excluding carboxylic acids is 2. The minimum atomic E-state index is -0.939. The molecule has 1 N–H and O–H groups in total. The Bertz CT molecular complexity index is 916. The third kappa shape index (κ3) is 3.44. The van der Waals surface area contributed by atoms with Crippen LogP contribution < -0.4 is 0 Å². The Balaban J connectivity index is 1.91. The highest BCUT2D eigenvalue weighted by molar-refractivity contribution is 6.15. The maximum Gasteiger partial charge on any atom is 0.311 e. The summed E-state index contributed by atoms with van der Waals surface area (Å²) in [5.41, 5.74) is 1.30. The number of aryl methyl sites for hydroxylation is 1. The van der Waals surface area contributed by atoms with Crippen LogP contribution in [0.4, 0.5) is 0 Å². The molecule has 1 atom stereocenters. The van der Waals surface area contributed by atoms with Gasteiger partial charge in [0.1, 0.15) is 0 Å². The SMILES string of the molecule is Cc1ccc(C(=O)c2ccccc2C(=O)N2CCC(C(=O)O)(C(C)C)C2)cc1. The Hall–Kier alpha value is -2.95. The number of benzene rings is 2. The van der Waals surface area contributed by atoms with Crippen molar-refractivity contribution < 1.29 is 19.5 Å². The Morgan fingerprint density at radius 3 is 2.14 bits per heavy atom. The highest BCUT2D eigenvalue weighted by Crippen LogP contribution is 2.38. The van der Waals surface area contributed by atoms with E-state index in [1.165, 1.54) is 0 Å². The lowest BCUT2D eigenvalue weighted by molar-refractivity contribution is -0.150. The number of carboxylic acid groups (broad SMARTS) is 1. The summed E-state index contributed by atoms with van der Waals surface area (Å²) in [6.45, 7) is 6.22. The van der Waals surface area contributed by atoms with Gasteiger partial charge in [-0.3, -0.25) is 14.4 Å². The van der Waals surface area contributed by atoms with Gasteiger partial charge in [-0.2, -0.15) is 0 Å². The number of hydrogen-bond donors (Lipinski definition) is 1. The van der Waals surface area contributed by atoms with Crippen LogP contribution in [0.1, 0.15) is 52.1 Å². The van der Waals surface area contributed by atoms with E-state index in [1.54, 1.807) is 41.3 Å². The molecule has 0 radical (unpaired) electrons. The molecule has 5 nitrogen and oxygen atoms in total. The van der Waals surface area contributed by atoms with Crippen molar-refractivity contribution in [2.75, 3.05) is 13.1 Å². The van der Waals surface area contributed by atoms with Gasteiger partial charge in [0, 0.05) is 24.2 Å². The van der Waals surface area contributed by atoms with E-state index < -0.39 is 11.4 Å². The standard InChI is InChI=1S/C23H25NO4/c1-15(2)23(22(27)28)12-13-24(14-23)21(26)19-7-5-4-6-18(19)20(25)17-10-8-16(3)9-11-17/h4-11,15H,12-14H2,1-3H3,(H,27,28). The predicted molar refractivity (Wildman–Crippen MR) is 106 cm³/mol. The molecule has 28 heavy (non-hydrogen) atoms. The van der Waals surface area contributed by atoms with E-state index in [1.807, 2.05) is 32.9 Å². The molecule has 1 aliphatic heterocycles. The van der Waals surface area contributed by atoms with Gasteiger partial charge in [-0.15, -0.1) is 0 Å². The summed E-state index contributed by atoms with van der Waals surface area (Å²) in [5, 5.41) is 9.73. The number of carbonyl (C=O) groups is 3. The maximum absolute atomic E-state index is 13.2. The van der Waals surface area contributed by atoms with Gasteiger partial charge in [0.15, 0.2) is 5.78 Å². The summed E-state index contributed by atoms with van der Waals surface area (Å²) < 4.78 is 0. The quantitative estimate of drug-likeness (QED) is 0.802. The zero-order valence-electron chi connectivity index (χ0n) is 16.4. The van der Waals surface area contributed by atoms with Crippen LogP contribution in [0.3, 0.4) is 0 Å². The zero-order chi connectivity index (χ0) is 20.5. The molecule has 5 heteroatoms. The number of likely N-dealkylation sites (tertiary alicyclic amines) is 1. The summed E-state index contributed by atoms with van der Waals surface area (Å²) in [4.78, 5) is 39.6. The average Bonchev–Trinajstić information content (AvgIpc) is 3.14. The second kappa shape index (κ2) is 7.58. The van der Waals surface area contributed by atoms with Gasteiger partial charge in [0.05, 0.1) is 11.0 Å². The molecule has 0 spiro atoms. The maximum atomic E-state index is 13.2. The van der Waals surface area contributed by atoms with Crippen LogP contribution in [0, 0.1) is 18.3 Å². The van der Waals surface area contributed by atoms with Gasteiger partial charge in [0.25, 0.3) is 5.91 Å². The number of nitrogens with zero attached hydrogens (tertiary/aromatic N) is 1. The van der Waals surface area contributed by atoms with Crippen LogP contribution in [0.15, 0.2) is 48.5 Å². The van der Waals surface area contributed by atoms with Crippen molar-refractivity contribution in [3.8, 4) is 0 Å². The van der Waals surface area contributed by atoms with Crippen molar-refractivity contribution >= 4 is 17.7 Å². The smallest absolute Gasteiger partial charge is 0.311 e. The number of hydrogen-bond acceptors (Lipinski definition) is 3. The molecule has 2 aromatic rings. The fraction of sp³-hybridized carbons (Fsp3) is 0.348. The predicted octanol–water partition coefficient (Wildman–Crippen LogP) is 3.80. The lowest BCUT2D eigenvalue weighted by Gasteiger charge is -2.28. The number of ketones is 1. The van der Waals surface area contributed by atoms with Crippen molar-refractivity contribution in [1.82, 2.24) is 4.90 Å². The lowest BCUT2D eigenvalue weighted by atomic mass is 9.76. The van der Waals surface area contributed by atoms with Crippen LogP contribution >= 0.6 is 0 Å². The molecular weight excluding hydrogens is 354 g/mol. The van der Waals surface area contributed by atoms with Crippen LogP contribution in [-0.2, 0) is 4.79 Å². The van der Waals surface area contributed by atoms with Gasteiger partial charge in [-0.25, -0.2) is 0 Å². The summed E-state index contributed by atoms with van der Waals surface area (Å²) >= 11 is 0. The van der Waals surface area contributed by atoms with E-state index >= 15 is 0 Å². The largest absolute Gasteiger partial charge is 0.481 e. The second-order valence-electron chi connectivity index (χ2n) is 7.83. The third-order valence-electron chi connectivity index (χ3n) is 5.84. The van der Waals surface area contributed by atoms with Crippen molar-refractivity contribution in [3.63, 3.8) is 0 Å². The van der Waals surface area contributed by atoms with Gasteiger partial charge in [-0.05, 0) is 25.3 Å². The summed E-state index contributed by atoms with van der Waals surface area (Å²) in [6.07, 6.45) is 0.416. The second-order valence-corrected chi connectivity index (χ2v) is 7.83. The number of amides is 1. The Morgan fingerprint density at radius 1 is 1.00 bits per heavy atom. The van der Waals surface area contributed by atoms with Crippen LogP contribution in [0.5, 0.6) is 0 Å². The highest BCUT2D eigenvalue weighted by atomic mass is 16.4. The van der Waals surface area contributed by atoms with E-state index in [9.17, 15) is 19.5 Å². The highest BCUT2D eigenvalue weighted by Gasteiger charge is 2.48. The van der Waals surface area contributed by atoms with Crippen LogP contribution in [0.2, 0.25) is 0 Å². The molecule has 0 aliphatic carbocycles. The topological polar surface area (TPSA) is 74.7 Å². The molecule has 1 amide bonds. The normalized spacial score (nSPS) is 19.1. The number of rotatable bonds is 5. The van der Waals surface area contributed by atoms with E-state index in [0.717, 1.165) is 5.56 Å². The van der Waals surface area contributed by atoms with Gasteiger partial charge in [-0.1, -0.05) is 61.9 Å². The number of carboxylic acids is 1. The molecule has 2 aromatic carbocycles. The Kier molecular flexibility index (Phi) is 5.36. The molecule has 1 saturated heterocycles. The van der Waals surface area contributed by atoms with Crippen molar-refractivity contribution in [1.29, 1.82) is 0 Å². The molecule has 0 bridgehead atoms. The molecule has 1 unspecified atom stereocenters. The molecule has 0 aromatic heterocycles. The summed E-state index contributed by atoms with van der Waals surface area (Å²) in [5.74, 6) is -1.47. The van der Waals surface area contributed by atoms with Crippen LogP contribution in [-0.4, -0.2) is 40.8 Å². The first-order valence-corrected chi connectivity index (χ1v) is 9.49. The van der Waals surface area contributed by atoms with E-state index in [2.05, 4.69) is 0 Å². The van der Waals surface area contributed by atoms with Crippen LogP contribution in [0.25, 0.3) is 0 Å². The first kappa shape index (κ1) is 19.8. The molecule has 1 heterocycles. The Morgan fingerprint density at radius 2 is 1.61 bits per heavy atom. The van der Waals surface area contributed by atoms with Gasteiger partial charge in [0.2, 0.25) is 0 Å². The first-order chi connectivity index (χ1) is 13.3. The van der Waals surface area contributed by atoms with Crippen molar-refractivity contribution in [2.45, 2.75) is 27.2 Å². The van der Waals surface area contributed by atoms with Gasteiger partial charge < -0.3 is 10.0 Å². The summed E-state index contributed by atoms with van der Waals surface area (Å²) in [7, 11) is 0. The summed E-state index contributed by atoms with van der Waals surface area (Å²) in [6, 6.07) is 14.0. The molecule has 3 rings (SSSR count). The average molecular weight is 379 g/mol. The molecule has 1 aliphatic rings. The molecule has 0 saturated carbocycles. The molecule has 146 valence electrons. The third-order valence-corrected chi connectivity index (χ3v) is 5.84. The Labute approximate surface area is 165 Å². The molecular formula is C23H25NO4. The minimum Gasteiger partial charge on any atom is -0.481 e. The lowest BCUT2D eigenvalue weighted by Crippen LogP contribution is -2.40. The van der Waals surface area contributed by atoms with Crippen molar-refractivity contribution in [3.05, 3.63) is 70.8 Å². The van der Waals surface area contributed by atoms with E-state index in [-0.39, 0.29) is 24.2 Å².